The van der Waals surface area contributed by atoms with Crippen molar-refractivity contribution in [1.29, 1.82) is 0 Å². The van der Waals surface area contributed by atoms with Crippen LogP contribution in [0.1, 0.15) is 80.3 Å². The van der Waals surface area contributed by atoms with Gasteiger partial charge in [0.15, 0.2) is 54.9 Å². The Kier molecular flexibility index (Phi) is 47.5. The number of nitrogens with two attached hydrogens (primary N) is 3. The van der Waals surface area contributed by atoms with E-state index in [1.165, 1.54) is 38.8 Å². The van der Waals surface area contributed by atoms with Crippen molar-refractivity contribution < 1.29 is 46.9 Å². The first-order chi connectivity index (χ1) is 64.5. The van der Waals surface area contributed by atoms with Gasteiger partial charge in [-0.3, -0.25) is 29.0 Å². The molecule has 18 aromatic rings. The second-order valence-corrected chi connectivity index (χ2v) is 76.5. The van der Waals surface area contributed by atoms with Gasteiger partial charge in [-0.2, -0.15) is 80.8 Å². The van der Waals surface area contributed by atoms with Crippen LogP contribution >= 0.6 is 157 Å². The molecular formula is C85H89Cl3F3I6N30O5V2-2. The van der Waals surface area contributed by atoms with E-state index in [0.717, 1.165) is 57.3 Å². The Bertz CT molecular complexity index is 6440. The van der Waals surface area contributed by atoms with Gasteiger partial charge >= 0.3 is 126 Å². The molecule has 6 aromatic carbocycles. The number of H-pyrrole nitrogens is 5. The minimum absolute atomic E-state index is 0.109. The normalized spacial score (nSPS) is 10.8. The van der Waals surface area contributed by atoms with E-state index in [4.69, 9.17) is 66.6 Å². The fourth-order valence-electron chi connectivity index (χ4n) is 12.2. The van der Waals surface area contributed by atoms with Crippen molar-refractivity contribution in [2.75, 3.05) is 68.6 Å². The second-order valence-electron chi connectivity index (χ2n) is 26.1. The van der Waals surface area contributed by atoms with Crippen molar-refractivity contribution in [2.45, 2.75) is 68.1 Å². The number of amides is 1. The zero-order chi connectivity index (χ0) is 98.1. The molecule has 0 radical (unpaired) electrons. The Morgan fingerprint density at radius 2 is 0.806 bits per heavy atom. The average molecular weight is 2640 g/mol. The summed E-state index contributed by atoms with van der Waals surface area (Å²) >= 11 is 32.9. The van der Waals surface area contributed by atoms with Crippen LogP contribution < -0.4 is 48.2 Å². The third kappa shape index (κ3) is 30.3. The number of nitrogen functional groups attached to an aromatic ring is 3. The van der Waals surface area contributed by atoms with Crippen molar-refractivity contribution in [1.82, 2.24) is 119 Å². The molecule has 0 aliphatic carbocycles. The van der Waals surface area contributed by atoms with Gasteiger partial charge in [-0.15, -0.1) is 0 Å². The van der Waals surface area contributed by atoms with Gasteiger partial charge in [0.1, 0.15) is 38.7 Å². The number of nitrogens with zero attached hydrogens (tertiary/aromatic N) is 19. The molecule has 705 valence electrons. The van der Waals surface area contributed by atoms with Crippen molar-refractivity contribution in [3.05, 3.63) is 293 Å². The standard InChI is InChI=1S/C26H17ClF3N5O.C24H18ClN5.C7H9N5O.2C6H7N5O.C5H4ClN5.C4H9I.2C3H7.CH4O.5HI.2V/c27-21-20-22(33-24(32-21)34-23(36)26(28,29)30)35(16-31-20)25(17-10-4-1-5-11-17,18-12-6-2-7-13-18)19-14-8-3-9-15-19;25-21-20-22(29-23(26)28-21)30(16-27-20)24(17-10-4-1-5-11-17,18-12-6-2-7-13-18)19-14-8-3-9-15-19;1-8-7-11-5-4(9-3-10-5)6(12-7)13-2;1-12-5-3-4(9-2-8-3)10-6(7)11-5;1-7-6-10-4-3(5(12)11-6)8-2-9-4;6-3-2-4(9-1-8-2)11-5(7)10-3;1-3-4(2)5;2*1-3-2;1-2;;;;;;;/h1-16H,(H,32,33,34,36);1-16H,(H2,26,28,29);3H,1-2H3,(H2,8,9,10,11,12);2H,1H3,(H3,7,8,9,10,11);2H,1H3,(H3,7,8,9,10,11,12);1H,(H3,7,8,9,10,11);4H,3H2,1-2H3;2*1,3H2,2H3;2H,1H3;5*1H;;/q;;;;;;;2*-1;;;;;;;+2;+3/p-5. The van der Waals surface area contributed by atoms with Gasteiger partial charge in [0, 0.05) is 25.1 Å². The molecule has 0 spiro atoms. The molecule has 0 bridgehead atoms. The molecule has 0 saturated carbocycles. The topological polar surface area (TPSA) is 495 Å². The molecule has 1 unspecified atom stereocenters. The number of fused-ring (bicyclic) bond motifs is 6. The fraction of sp³-hybridized carbons (Fsp3) is 0.188. The molecule has 1 atom stereocenters. The number of halogens is 12. The molecule has 1 amide bonds. The van der Waals surface area contributed by atoms with Gasteiger partial charge in [-0.05, 0) is 39.8 Å². The van der Waals surface area contributed by atoms with E-state index in [1.54, 1.807) is 43.7 Å². The van der Waals surface area contributed by atoms with Crippen LogP contribution in [0.5, 0.6) is 11.8 Å². The van der Waals surface area contributed by atoms with Crippen molar-refractivity contribution >= 4 is 266 Å². The fourth-order valence-corrected chi connectivity index (χ4v) is 12.8. The first-order valence-electron chi connectivity index (χ1n) is 39.3. The summed E-state index contributed by atoms with van der Waals surface area (Å²) in [5, 5.41) is 14.6. The summed E-state index contributed by atoms with van der Waals surface area (Å²) in [6.07, 6.45) is 7.46. The first kappa shape index (κ1) is 112. The number of aromatic amines is 5. The number of aromatic nitrogens is 24. The van der Waals surface area contributed by atoms with E-state index in [1.807, 2.05) is 164 Å². The van der Waals surface area contributed by atoms with Gasteiger partial charge in [-0.25, -0.2) is 29.9 Å². The molecule has 134 heavy (non-hydrogen) atoms. The van der Waals surface area contributed by atoms with Gasteiger partial charge in [-0.1, -0.05) is 267 Å². The molecule has 0 fully saturated rings. The second kappa shape index (κ2) is 57.0. The molecule has 0 aliphatic heterocycles. The zero-order valence-corrected chi connectivity index (χ0v) is 90.6. The van der Waals surface area contributed by atoms with Crippen molar-refractivity contribution in [2.24, 2.45) is 0 Å². The third-order valence-corrected chi connectivity index (χ3v) is 19.2. The number of carbonyl (C=O) groups is 1. The van der Waals surface area contributed by atoms with Crippen LogP contribution in [0, 0.1) is 13.8 Å². The van der Waals surface area contributed by atoms with E-state index < -0.39 is 29.1 Å². The number of anilines is 6. The van der Waals surface area contributed by atoms with Gasteiger partial charge < -0.3 is 76.2 Å². The maximum absolute atomic E-state index is 12.9. The number of rotatable bonds is 14. The Labute approximate surface area is 862 Å². The summed E-state index contributed by atoms with van der Waals surface area (Å²) in [5.41, 5.74) is 26.2. The van der Waals surface area contributed by atoms with Gasteiger partial charge in [0.2, 0.25) is 47.5 Å². The number of hydrogen-bond acceptors (Lipinski definition) is 27. The quantitative estimate of drug-likeness (QED) is 0.0158. The number of hydrogen-bond donors (Lipinski definition) is 12. The van der Waals surface area contributed by atoms with Crippen LogP contribution in [0.2, 0.25) is 15.5 Å². The van der Waals surface area contributed by atoms with Gasteiger partial charge in [0.25, 0.3) is 5.56 Å². The van der Waals surface area contributed by atoms with E-state index >= 15 is 0 Å². The molecule has 0 aliphatic rings. The Hall–Kier alpha value is -9.34. The predicted molar refractivity (Wildman–Crippen MR) is 568 cm³/mol. The number of aliphatic hydroxyl groups excluding tert-OH is 1. The maximum atomic E-state index is 12.9. The number of aliphatic hydroxyl groups is 1. The van der Waals surface area contributed by atoms with Crippen LogP contribution in [-0.2, 0) is 30.3 Å². The van der Waals surface area contributed by atoms with E-state index in [0.29, 0.717) is 94.1 Å². The van der Waals surface area contributed by atoms with Crippen LogP contribution in [0.25, 0.3) is 67.0 Å². The Balaban J connectivity index is 0.000000222. The summed E-state index contributed by atoms with van der Waals surface area (Å²) in [6, 6.07) is 59.6. The molecule has 49 heteroatoms. The van der Waals surface area contributed by atoms with Crippen LogP contribution in [0.4, 0.5) is 48.9 Å². The Morgan fingerprint density at radius 3 is 1.16 bits per heavy atom. The van der Waals surface area contributed by atoms with Crippen LogP contribution in [-0.4, -0.2) is 175 Å². The van der Waals surface area contributed by atoms with Crippen LogP contribution in [0.3, 0.4) is 0 Å². The molecule has 35 nitrogen and oxygen atoms in total. The molecular weight excluding hydrogens is 2550 g/mol. The SMILES string of the molecule is CCC(C)I.CNc1nc(OC)c2[nH]cnc2n1.CNc1nc2nc[nH]c2c(=O)[nH]1.CO.COc1nc(N)nc2nc[nH]c12.Nc1nc(Cl)c2[nH]cnc2n1.Nc1nc(Cl)c2ncn(C(c3ccccc3)(c3ccccc3)c3ccccc3)c2n1.O=C(Nc1nc(Cl)c2ncn(C(c3ccccc3)(c3ccccc3)c3ccccc3)c2n1)C(F)(F)F.[CH2-]CC.[CH2-]CC.[I][V]([I])[I].[I][V][I]. The third-order valence-electron chi connectivity index (χ3n) is 17.6. The number of benzene rings is 6. The van der Waals surface area contributed by atoms with E-state index in [-0.39, 0.29) is 49.8 Å². The van der Waals surface area contributed by atoms with Gasteiger partial charge in [0.05, 0.1) is 52.2 Å². The minimum atomic E-state index is -5.12. The van der Waals surface area contributed by atoms with E-state index in [2.05, 4.69) is 307 Å². The number of methoxy groups -OCH3 is 2. The first-order valence-corrected chi connectivity index (χ1v) is 64.3. The monoisotopic (exact) mass is 2630 g/mol. The number of carbonyl (C=O) groups excluding carboxylic acids is 1. The summed E-state index contributed by atoms with van der Waals surface area (Å²) in [6.45, 7) is 15.4. The molecule has 12 aromatic heterocycles. The number of nitrogens with one attached hydrogen (secondary N) is 8. The molecule has 18 rings (SSSR count). The zero-order valence-electron chi connectivity index (χ0n) is 72.6. The molecule has 0 saturated heterocycles. The summed E-state index contributed by atoms with van der Waals surface area (Å²) in [4.78, 5) is 105. The summed E-state index contributed by atoms with van der Waals surface area (Å²) < 4.78 is 53.4. The average Bonchev–Trinajstić information content (AvgIpc) is 1.49. The summed E-state index contributed by atoms with van der Waals surface area (Å²) in [7, 11) is 8.12. The predicted octanol–water partition coefficient (Wildman–Crippen LogP) is 20.1. The van der Waals surface area contributed by atoms with Crippen LogP contribution in [0.15, 0.2) is 225 Å². The summed E-state index contributed by atoms with van der Waals surface area (Å²) in [5.74, 6) is -0.569. The molecule has 12 heterocycles. The Morgan fingerprint density at radius 1 is 0.493 bits per heavy atom. The molecule has 15 N–H and O–H groups in total. The van der Waals surface area contributed by atoms with E-state index in [9.17, 15) is 22.8 Å². The number of imidazole rings is 6. The van der Waals surface area contributed by atoms with Crippen molar-refractivity contribution in [3.8, 4) is 11.8 Å². The number of alkyl halides is 4. The number of ether oxygens (including phenoxy) is 2. The van der Waals surface area contributed by atoms with Crippen molar-refractivity contribution in [3.63, 3.8) is 0 Å².